The minimum atomic E-state index is -0.557. The molecule has 9 heteroatoms. The number of aromatic nitrogens is 2. The second kappa shape index (κ2) is 9.19. The Morgan fingerprint density at radius 3 is 2.67 bits per heavy atom. The number of carbonyl (C=O) groups is 1. The van der Waals surface area contributed by atoms with Crippen LogP contribution in [0.25, 0.3) is 32.8 Å². The van der Waals surface area contributed by atoms with Crippen LogP contribution in [0.15, 0.2) is 48.8 Å². The molecule has 0 bridgehead atoms. The Balaban J connectivity index is 1.36. The molecule has 4 aromatic rings. The molecule has 2 aliphatic heterocycles. The Hall–Kier alpha value is -3.49. The molecule has 2 aliphatic rings. The van der Waals surface area contributed by atoms with Crippen LogP contribution in [0.2, 0.25) is 5.02 Å². The third-order valence-corrected chi connectivity index (χ3v) is 7.46. The number of nitrogens with zero attached hydrogens (tertiary/aromatic N) is 4. The smallest absolute Gasteiger partial charge is 0.239 e. The average Bonchev–Trinajstić information content (AvgIpc) is 3.43. The summed E-state index contributed by atoms with van der Waals surface area (Å²) in [5.74, 6) is 0.219. The summed E-state index contributed by atoms with van der Waals surface area (Å²) in [6, 6.07) is 12.2. The van der Waals surface area contributed by atoms with Crippen LogP contribution in [0.3, 0.4) is 0 Å². The first-order chi connectivity index (χ1) is 17.5. The molecule has 2 saturated heterocycles. The predicted molar refractivity (Wildman–Crippen MR) is 139 cm³/mol. The number of phenolic OH excluding ortho intramolecular Hbond substituents is 1. The van der Waals surface area contributed by atoms with Gasteiger partial charge >= 0.3 is 0 Å². The van der Waals surface area contributed by atoms with Crippen molar-refractivity contribution in [2.24, 2.45) is 0 Å². The van der Waals surface area contributed by atoms with Crippen molar-refractivity contribution < 1.29 is 14.3 Å². The number of fused-ring (bicyclic) bond motifs is 2. The lowest BCUT2D eigenvalue weighted by Gasteiger charge is -2.36. The number of anilines is 1. The molecule has 1 unspecified atom stereocenters. The molecular formula is C27H25ClFN5O2. The van der Waals surface area contributed by atoms with Crippen LogP contribution >= 0.6 is 11.6 Å². The second-order valence-electron chi connectivity index (χ2n) is 9.32. The van der Waals surface area contributed by atoms with Gasteiger partial charge in [-0.25, -0.2) is 14.4 Å². The highest BCUT2D eigenvalue weighted by Crippen LogP contribution is 2.41. The van der Waals surface area contributed by atoms with Crippen LogP contribution in [0.4, 0.5) is 10.2 Å². The standard InChI is InChI=1S/C27H25ClFN5O2/c28-21-14-20-25(24(29)23(21)19-13-17(35)12-16-4-1-2-5-18(16)19)31-15-32-26(20)33-8-10-34(11-9-33)27(36)22-6-3-7-30-22/h1-2,4-5,12-15,22,30,35H,3,6-11H2. The van der Waals surface area contributed by atoms with Crippen molar-refractivity contribution >= 4 is 45.0 Å². The molecule has 3 heterocycles. The number of piperazine rings is 1. The van der Waals surface area contributed by atoms with Crippen molar-refractivity contribution in [2.75, 3.05) is 37.6 Å². The van der Waals surface area contributed by atoms with Gasteiger partial charge in [-0.3, -0.25) is 4.79 Å². The van der Waals surface area contributed by atoms with Gasteiger partial charge in [-0.1, -0.05) is 35.9 Å². The molecule has 0 radical (unpaired) electrons. The van der Waals surface area contributed by atoms with Gasteiger partial charge in [0, 0.05) is 37.1 Å². The van der Waals surface area contributed by atoms with E-state index in [1.165, 1.54) is 12.4 Å². The fraction of sp³-hybridized carbons (Fsp3) is 0.296. The summed E-state index contributed by atoms with van der Waals surface area (Å²) >= 11 is 6.69. The number of hydrogen-bond donors (Lipinski definition) is 2. The number of rotatable bonds is 3. The number of aromatic hydroxyl groups is 1. The Morgan fingerprint density at radius 1 is 1.08 bits per heavy atom. The van der Waals surface area contributed by atoms with Gasteiger partial charge in [0.15, 0.2) is 5.82 Å². The third-order valence-electron chi connectivity index (χ3n) is 7.17. The molecule has 3 aromatic carbocycles. The van der Waals surface area contributed by atoms with E-state index in [4.69, 9.17) is 11.6 Å². The molecule has 7 nitrogen and oxygen atoms in total. The molecule has 0 spiro atoms. The summed E-state index contributed by atoms with van der Waals surface area (Å²) in [6.45, 7) is 3.21. The molecule has 0 aliphatic carbocycles. The fourth-order valence-electron chi connectivity index (χ4n) is 5.37. The van der Waals surface area contributed by atoms with Gasteiger partial charge in [0.25, 0.3) is 0 Å². The molecule has 2 N–H and O–H groups in total. The van der Waals surface area contributed by atoms with E-state index in [2.05, 4.69) is 20.2 Å². The number of hydrogen-bond acceptors (Lipinski definition) is 6. The Morgan fingerprint density at radius 2 is 1.89 bits per heavy atom. The largest absolute Gasteiger partial charge is 0.508 e. The number of nitrogens with one attached hydrogen (secondary N) is 1. The van der Waals surface area contributed by atoms with Gasteiger partial charge in [-0.05, 0) is 53.9 Å². The maximum absolute atomic E-state index is 16.0. The lowest BCUT2D eigenvalue weighted by molar-refractivity contribution is -0.133. The maximum Gasteiger partial charge on any atom is 0.239 e. The van der Waals surface area contributed by atoms with E-state index >= 15 is 4.39 Å². The van der Waals surface area contributed by atoms with Gasteiger partial charge in [0.05, 0.1) is 11.1 Å². The van der Waals surface area contributed by atoms with Crippen molar-refractivity contribution in [1.29, 1.82) is 0 Å². The third kappa shape index (κ3) is 3.90. The van der Waals surface area contributed by atoms with E-state index < -0.39 is 5.82 Å². The lowest BCUT2D eigenvalue weighted by atomic mass is 9.96. The van der Waals surface area contributed by atoms with Crippen molar-refractivity contribution in [2.45, 2.75) is 18.9 Å². The lowest BCUT2D eigenvalue weighted by Crippen LogP contribution is -2.53. The summed E-state index contributed by atoms with van der Waals surface area (Å²) in [5.41, 5.74) is 0.865. The fourth-order valence-corrected chi connectivity index (χ4v) is 5.66. The summed E-state index contributed by atoms with van der Waals surface area (Å²) in [6.07, 6.45) is 3.26. The van der Waals surface area contributed by atoms with Crippen LogP contribution in [0, 0.1) is 5.82 Å². The van der Waals surface area contributed by atoms with Crippen LogP contribution < -0.4 is 10.2 Å². The minimum Gasteiger partial charge on any atom is -0.508 e. The number of halogens is 2. The molecule has 0 saturated carbocycles. The summed E-state index contributed by atoms with van der Waals surface area (Å²) in [5, 5.41) is 15.8. The molecule has 6 rings (SSSR count). The van der Waals surface area contributed by atoms with Gasteiger partial charge in [-0.2, -0.15) is 0 Å². The number of benzene rings is 3. The molecule has 2 fully saturated rings. The van der Waals surface area contributed by atoms with Gasteiger partial charge in [0.1, 0.15) is 23.4 Å². The van der Waals surface area contributed by atoms with Crippen LogP contribution in [-0.2, 0) is 4.79 Å². The number of carbonyl (C=O) groups excluding carboxylic acids is 1. The van der Waals surface area contributed by atoms with Gasteiger partial charge in [-0.15, -0.1) is 0 Å². The van der Waals surface area contributed by atoms with E-state index in [1.807, 2.05) is 29.2 Å². The Labute approximate surface area is 212 Å². The van der Waals surface area contributed by atoms with E-state index in [1.54, 1.807) is 12.1 Å². The van der Waals surface area contributed by atoms with Gasteiger partial charge < -0.3 is 20.2 Å². The summed E-state index contributed by atoms with van der Waals surface area (Å²) in [7, 11) is 0. The van der Waals surface area contributed by atoms with Crippen LogP contribution in [0.5, 0.6) is 5.75 Å². The van der Waals surface area contributed by atoms with Crippen molar-refractivity contribution in [3.8, 4) is 16.9 Å². The average molecular weight is 506 g/mol. The molecule has 1 aromatic heterocycles. The molecule has 36 heavy (non-hydrogen) atoms. The van der Waals surface area contributed by atoms with Crippen molar-refractivity contribution in [3.63, 3.8) is 0 Å². The van der Waals surface area contributed by atoms with E-state index in [9.17, 15) is 9.90 Å². The van der Waals surface area contributed by atoms with Crippen molar-refractivity contribution in [3.05, 3.63) is 59.6 Å². The summed E-state index contributed by atoms with van der Waals surface area (Å²) in [4.78, 5) is 25.4. The van der Waals surface area contributed by atoms with Gasteiger partial charge in [0.2, 0.25) is 5.91 Å². The zero-order valence-electron chi connectivity index (χ0n) is 19.5. The van der Waals surface area contributed by atoms with Crippen molar-refractivity contribution in [1.82, 2.24) is 20.2 Å². The highest BCUT2D eigenvalue weighted by atomic mass is 35.5. The van der Waals surface area contributed by atoms with E-state index in [0.29, 0.717) is 42.9 Å². The second-order valence-corrected chi connectivity index (χ2v) is 9.72. The molecule has 184 valence electrons. The summed E-state index contributed by atoms with van der Waals surface area (Å²) < 4.78 is 16.0. The first-order valence-corrected chi connectivity index (χ1v) is 12.5. The highest BCUT2D eigenvalue weighted by Gasteiger charge is 2.30. The van der Waals surface area contributed by atoms with E-state index in [0.717, 1.165) is 30.2 Å². The maximum atomic E-state index is 16.0. The Kier molecular flexibility index (Phi) is 5.85. The number of amides is 1. The molecular weight excluding hydrogens is 481 g/mol. The zero-order valence-corrected chi connectivity index (χ0v) is 20.3. The molecule has 1 amide bonds. The predicted octanol–water partition coefficient (Wildman–Crippen LogP) is 4.35. The first kappa shape index (κ1) is 22.9. The SMILES string of the molecule is O=C(C1CCCN1)N1CCN(c2ncnc3c(F)c(-c4cc(O)cc5ccccc45)c(Cl)cc23)CC1. The zero-order chi connectivity index (χ0) is 24.8. The topological polar surface area (TPSA) is 81.6 Å². The highest BCUT2D eigenvalue weighted by molar-refractivity contribution is 6.35. The van der Waals surface area contributed by atoms with Crippen LogP contribution in [-0.4, -0.2) is 64.6 Å². The Bertz CT molecular complexity index is 1480. The quantitative estimate of drug-likeness (QED) is 0.431. The first-order valence-electron chi connectivity index (χ1n) is 12.1. The van der Waals surface area contributed by atoms with E-state index in [-0.39, 0.29) is 33.8 Å². The number of phenols is 1. The normalized spacial score (nSPS) is 18.3. The minimum absolute atomic E-state index is 0.0304. The van der Waals surface area contributed by atoms with Crippen LogP contribution in [0.1, 0.15) is 12.8 Å². The molecule has 1 atom stereocenters. The monoisotopic (exact) mass is 505 g/mol.